The number of carbonyl (C=O) groups is 2. The van der Waals surface area contributed by atoms with Gasteiger partial charge in [0.05, 0.1) is 28.3 Å². The van der Waals surface area contributed by atoms with Crippen molar-refractivity contribution < 1.29 is 9.59 Å². The average Bonchev–Trinajstić information content (AvgIpc) is 3.07. The number of hydrogen-bond donors (Lipinski definition) is 5. The highest BCUT2D eigenvalue weighted by molar-refractivity contribution is 6.06. The number of nitrogens with two attached hydrogens (primary N) is 1. The fourth-order valence-corrected chi connectivity index (χ4v) is 4.83. The minimum absolute atomic E-state index is 0.250. The van der Waals surface area contributed by atoms with Gasteiger partial charge in [-0.2, -0.15) is 0 Å². The average molecular weight is 628 g/mol. The summed E-state index contributed by atoms with van der Waals surface area (Å²) in [6, 6.07) is 25.0. The molecule has 238 valence electrons. The molecule has 4 aromatic carbocycles. The standard InChI is InChI=1S/C36H37N9O2/c1-5-24-9-8-10-27(19-24)41-34-28-20-32(33(21-31(28)39-23-40-34)45(4)18-17-44(2)3)43-36(47)38-22-25-13-15-26(16-14-25)35(46)42-30-12-7-6-11-29(30)37/h1,6-16,19-21,23H,17-18,22,37H2,2-4H3,(H,42,46)(H2,38,43,47)(H,39,40,41). The van der Waals surface area contributed by atoms with Crippen molar-refractivity contribution in [3.63, 3.8) is 0 Å². The lowest BCUT2D eigenvalue weighted by molar-refractivity contribution is 0.102. The van der Waals surface area contributed by atoms with E-state index < -0.39 is 0 Å². The van der Waals surface area contributed by atoms with Gasteiger partial charge in [0.15, 0.2) is 0 Å². The lowest BCUT2D eigenvalue weighted by Gasteiger charge is -2.25. The molecule has 11 nitrogen and oxygen atoms in total. The Morgan fingerprint density at radius 3 is 2.40 bits per heavy atom. The molecular weight excluding hydrogens is 590 g/mol. The topological polar surface area (TPSA) is 141 Å². The van der Waals surface area contributed by atoms with Gasteiger partial charge < -0.3 is 36.8 Å². The zero-order valence-corrected chi connectivity index (χ0v) is 26.5. The maximum absolute atomic E-state index is 13.2. The third kappa shape index (κ3) is 8.33. The van der Waals surface area contributed by atoms with E-state index in [9.17, 15) is 9.59 Å². The maximum Gasteiger partial charge on any atom is 0.319 e. The van der Waals surface area contributed by atoms with Crippen LogP contribution in [-0.2, 0) is 6.54 Å². The van der Waals surface area contributed by atoms with Gasteiger partial charge in [0.25, 0.3) is 5.91 Å². The van der Waals surface area contributed by atoms with Gasteiger partial charge in [-0.3, -0.25) is 4.79 Å². The molecule has 0 saturated heterocycles. The van der Waals surface area contributed by atoms with E-state index >= 15 is 0 Å². The number of amides is 3. The molecule has 0 fully saturated rings. The number of fused-ring (bicyclic) bond motifs is 1. The summed E-state index contributed by atoms with van der Waals surface area (Å²) in [5, 5.41) is 12.8. The van der Waals surface area contributed by atoms with Crippen LogP contribution < -0.4 is 31.9 Å². The lowest BCUT2D eigenvalue weighted by atomic mass is 10.1. The summed E-state index contributed by atoms with van der Waals surface area (Å²) in [4.78, 5) is 39.1. The number of nitrogens with zero attached hydrogens (tertiary/aromatic N) is 4. The van der Waals surface area contributed by atoms with Crippen LogP contribution in [0.1, 0.15) is 21.5 Å². The number of rotatable bonds is 11. The van der Waals surface area contributed by atoms with Crippen LogP contribution in [0, 0.1) is 12.3 Å². The first-order valence-electron chi connectivity index (χ1n) is 15.0. The van der Waals surface area contributed by atoms with Gasteiger partial charge in [0.1, 0.15) is 12.1 Å². The number of hydrogen-bond acceptors (Lipinski definition) is 8. The summed E-state index contributed by atoms with van der Waals surface area (Å²) < 4.78 is 0. The summed E-state index contributed by atoms with van der Waals surface area (Å²) in [6.07, 6.45) is 7.10. The van der Waals surface area contributed by atoms with Gasteiger partial charge in [0, 0.05) is 48.9 Å². The highest BCUT2D eigenvalue weighted by Gasteiger charge is 2.16. The Morgan fingerprint density at radius 2 is 1.66 bits per heavy atom. The molecule has 1 aromatic heterocycles. The van der Waals surface area contributed by atoms with E-state index in [1.165, 1.54) is 6.33 Å². The van der Waals surface area contributed by atoms with Crippen molar-refractivity contribution in [3.8, 4) is 12.3 Å². The largest absolute Gasteiger partial charge is 0.397 e. The minimum Gasteiger partial charge on any atom is -0.397 e. The number of likely N-dealkylation sites (N-methyl/N-ethyl adjacent to an activating group) is 2. The molecule has 11 heteroatoms. The molecule has 0 aliphatic heterocycles. The smallest absolute Gasteiger partial charge is 0.319 e. The number of terminal acetylenes is 1. The van der Waals surface area contributed by atoms with E-state index in [1.807, 2.05) is 57.5 Å². The molecule has 0 radical (unpaired) electrons. The molecule has 0 aliphatic rings. The summed E-state index contributed by atoms with van der Waals surface area (Å²) in [5.74, 6) is 2.95. The van der Waals surface area contributed by atoms with Gasteiger partial charge >= 0.3 is 6.03 Å². The van der Waals surface area contributed by atoms with Crippen LogP contribution >= 0.6 is 0 Å². The number of anilines is 6. The van der Waals surface area contributed by atoms with Crippen LogP contribution in [0.4, 0.5) is 39.0 Å². The number of carbonyl (C=O) groups excluding carboxylic acids is 2. The van der Waals surface area contributed by atoms with Crippen molar-refractivity contribution >= 4 is 57.1 Å². The molecular formula is C36H37N9O2. The van der Waals surface area contributed by atoms with E-state index in [0.29, 0.717) is 34.0 Å². The molecule has 0 atom stereocenters. The van der Waals surface area contributed by atoms with E-state index in [4.69, 9.17) is 12.2 Å². The Morgan fingerprint density at radius 1 is 0.872 bits per heavy atom. The van der Waals surface area contributed by atoms with Crippen LogP contribution in [0.25, 0.3) is 10.9 Å². The molecule has 3 amide bonds. The van der Waals surface area contributed by atoms with Crippen molar-refractivity contribution in [2.24, 2.45) is 0 Å². The van der Waals surface area contributed by atoms with Gasteiger partial charge in [-0.15, -0.1) is 6.42 Å². The molecule has 0 spiro atoms. The Kier molecular flexibility index (Phi) is 10.1. The fraction of sp³-hybridized carbons (Fsp3) is 0.167. The Hall–Kier alpha value is -6.12. The van der Waals surface area contributed by atoms with E-state index in [-0.39, 0.29) is 18.5 Å². The third-order valence-corrected chi connectivity index (χ3v) is 7.47. The van der Waals surface area contributed by atoms with Crippen LogP contribution in [0.5, 0.6) is 0 Å². The molecule has 0 saturated carbocycles. The first kappa shape index (κ1) is 32.3. The van der Waals surface area contributed by atoms with Crippen molar-refractivity contribution in [1.29, 1.82) is 0 Å². The van der Waals surface area contributed by atoms with E-state index in [2.05, 4.69) is 47.0 Å². The zero-order chi connectivity index (χ0) is 33.3. The minimum atomic E-state index is -0.388. The highest BCUT2D eigenvalue weighted by Crippen LogP contribution is 2.33. The molecule has 1 heterocycles. The summed E-state index contributed by atoms with van der Waals surface area (Å²) in [7, 11) is 6.00. The lowest BCUT2D eigenvalue weighted by Crippen LogP contribution is -2.31. The Balaban J connectivity index is 1.33. The van der Waals surface area contributed by atoms with Gasteiger partial charge in [0.2, 0.25) is 0 Å². The SMILES string of the molecule is C#Cc1cccc(Nc2ncnc3cc(N(C)CCN(C)C)c(NC(=O)NCc4ccc(C(=O)Nc5ccccc5N)cc4)cc23)c1. The molecule has 47 heavy (non-hydrogen) atoms. The number of nitrogens with one attached hydrogen (secondary N) is 4. The van der Waals surface area contributed by atoms with Crippen LogP contribution in [0.3, 0.4) is 0 Å². The van der Waals surface area contributed by atoms with Gasteiger partial charge in [-0.05, 0) is 74.3 Å². The zero-order valence-electron chi connectivity index (χ0n) is 26.5. The number of benzene rings is 4. The predicted octanol–water partition coefficient (Wildman–Crippen LogP) is 5.51. The molecule has 5 rings (SSSR count). The van der Waals surface area contributed by atoms with Crippen LogP contribution in [0.2, 0.25) is 0 Å². The van der Waals surface area contributed by atoms with Crippen molar-refractivity contribution in [3.05, 3.63) is 108 Å². The summed E-state index contributed by atoms with van der Waals surface area (Å²) in [5.41, 5.74) is 11.9. The van der Waals surface area contributed by atoms with Crippen molar-refractivity contribution in [1.82, 2.24) is 20.2 Å². The second kappa shape index (κ2) is 14.8. The van der Waals surface area contributed by atoms with Crippen molar-refractivity contribution in [2.75, 3.05) is 60.8 Å². The first-order chi connectivity index (χ1) is 22.7. The molecule has 0 aliphatic carbocycles. The maximum atomic E-state index is 13.2. The molecule has 6 N–H and O–H groups in total. The van der Waals surface area contributed by atoms with Crippen LogP contribution in [-0.4, -0.2) is 61.0 Å². The van der Waals surface area contributed by atoms with Crippen LogP contribution in [0.15, 0.2) is 91.3 Å². The monoisotopic (exact) mass is 627 g/mol. The summed E-state index contributed by atoms with van der Waals surface area (Å²) >= 11 is 0. The van der Waals surface area contributed by atoms with E-state index in [0.717, 1.165) is 41.0 Å². The Bertz CT molecular complexity index is 1930. The number of urea groups is 1. The normalized spacial score (nSPS) is 10.7. The van der Waals surface area contributed by atoms with Gasteiger partial charge in [-0.1, -0.05) is 36.3 Å². The third-order valence-electron chi connectivity index (χ3n) is 7.47. The summed E-state index contributed by atoms with van der Waals surface area (Å²) in [6.45, 7) is 1.79. The fourth-order valence-electron chi connectivity index (χ4n) is 4.83. The second-order valence-electron chi connectivity index (χ2n) is 11.2. The van der Waals surface area contributed by atoms with Gasteiger partial charge in [-0.25, -0.2) is 14.8 Å². The molecule has 0 bridgehead atoms. The van der Waals surface area contributed by atoms with E-state index in [1.54, 1.807) is 48.5 Å². The Labute approximate surface area is 274 Å². The molecule has 0 unspecified atom stereocenters. The molecule has 5 aromatic rings. The number of aromatic nitrogens is 2. The number of nitrogen functional groups attached to an aromatic ring is 1. The first-order valence-corrected chi connectivity index (χ1v) is 15.0. The second-order valence-corrected chi connectivity index (χ2v) is 11.2. The number of para-hydroxylation sites is 2. The highest BCUT2D eigenvalue weighted by atomic mass is 16.2. The predicted molar refractivity (Wildman–Crippen MR) is 190 cm³/mol. The van der Waals surface area contributed by atoms with Crippen molar-refractivity contribution in [2.45, 2.75) is 6.54 Å². The quantitative estimate of drug-likeness (QED) is 0.0954.